The van der Waals surface area contributed by atoms with Crippen molar-refractivity contribution in [3.8, 4) is 0 Å². The number of amides is 1. The van der Waals surface area contributed by atoms with Crippen molar-refractivity contribution in [3.05, 3.63) is 35.4 Å². The predicted octanol–water partition coefficient (Wildman–Crippen LogP) is 1.44. The summed E-state index contributed by atoms with van der Waals surface area (Å²) in [6, 6.07) is 7.85. The lowest BCUT2D eigenvalue weighted by molar-refractivity contribution is 0.139. The van der Waals surface area contributed by atoms with Gasteiger partial charge < -0.3 is 15.4 Å². The smallest absolute Gasteiger partial charge is 0.407 e. The Kier molecular flexibility index (Phi) is 5.36. The van der Waals surface area contributed by atoms with Crippen LogP contribution in [-0.2, 0) is 11.3 Å². The molecular weight excluding hydrogens is 204 g/mol. The van der Waals surface area contributed by atoms with E-state index < -0.39 is 0 Å². The van der Waals surface area contributed by atoms with Crippen molar-refractivity contribution < 1.29 is 9.53 Å². The fourth-order valence-corrected chi connectivity index (χ4v) is 1.26. The molecule has 0 saturated carbocycles. The minimum atomic E-state index is -0.376. The van der Waals surface area contributed by atoms with Crippen LogP contribution in [0, 0.1) is 6.92 Å². The zero-order chi connectivity index (χ0) is 11.8. The molecule has 0 heterocycles. The lowest BCUT2D eigenvalue weighted by Gasteiger charge is -2.08. The summed E-state index contributed by atoms with van der Waals surface area (Å²) < 4.78 is 5.08. The molecule has 0 atom stereocenters. The minimum absolute atomic E-state index is 0.318. The van der Waals surface area contributed by atoms with Crippen molar-refractivity contribution in [2.24, 2.45) is 0 Å². The number of likely N-dealkylation sites (N-methyl/N-ethyl adjacent to an activating group) is 1. The fraction of sp³-hybridized carbons (Fsp3) is 0.417. The third-order valence-corrected chi connectivity index (χ3v) is 2.26. The van der Waals surface area contributed by atoms with Gasteiger partial charge in [0.1, 0.15) is 6.61 Å². The van der Waals surface area contributed by atoms with Crippen LogP contribution in [0.5, 0.6) is 0 Å². The Hall–Kier alpha value is -1.55. The van der Waals surface area contributed by atoms with E-state index in [4.69, 9.17) is 4.74 Å². The van der Waals surface area contributed by atoms with Crippen LogP contribution < -0.4 is 10.6 Å². The second-order valence-corrected chi connectivity index (χ2v) is 3.53. The molecule has 88 valence electrons. The Labute approximate surface area is 96.0 Å². The largest absolute Gasteiger partial charge is 0.445 e. The molecule has 1 aromatic rings. The van der Waals surface area contributed by atoms with E-state index >= 15 is 0 Å². The second kappa shape index (κ2) is 6.85. The summed E-state index contributed by atoms with van der Waals surface area (Å²) in [4.78, 5) is 11.2. The molecule has 4 nitrogen and oxygen atoms in total. The summed E-state index contributed by atoms with van der Waals surface area (Å²) in [6.07, 6.45) is -0.376. The summed E-state index contributed by atoms with van der Waals surface area (Å²) in [7, 11) is 1.83. The maximum Gasteiger partial charge on any atom is 0.407 e. The zero-order valence-corrected chi connectivity index (χ0v) is 9.75. The maximum atomic E-state index is 11.2. The van der Waals surface area contributed by atoms with Gasteiger partial charge in [0.2, 0.25) is 0 Å². The number of hydrogen-bond acceptors (Lipinski definition) is 3. The quantitative estimate of drug-likeness (QED) is 0.741. The van der Waals surface area contributed by atoms with Crippen LogP contribution in [0.3, 0.4) is 0 Å². The van der Waals surface area contributed by atoms with Crippen LogP contribution in [0.2, 0.25) is 0 Å². The van der Waals surface area contributed by atoms with E-state index in [-0.39, 0.29) is 6.09 Å². The number of alkyl carbamates (subject to hydrolysis) is 1. The lowest BCUT2D eigenvalue weighted by atomic mass is 10.1. The molecule has 4 heteroatoms. The van der Waals surface area contributed by atoms with Crippen molar-refractivity contribution in [2.45, 2.75) is 13.5 Å². The first-order valence-corrected chi connectivity index (χ1v) is 5.33. The average molecular weight is 222 g/mol. The molecule has 0 saturated heterocycles. The van der Waals surface area contributed by atoms with Crippen LogP contribution in [0.15, 0.2) is 24.3 Å². The molecule has 16 heavy (non-hydrogen) atoms. The van der Waals surface area contributed by atoms with Crippen molar-refractivity contribution in [1.29, 1.82) is 0 Å². The number of ether oxygens (including phenoxy) is 1. The Balaban J connectivity index is 2.29. The van der Waals surface area contributed by atoms with Crippen LogP contribution in [0.4, 0.5) is 4.79 Å². The Morgan fingerprint density at radius 1 is 1.31 bits per heavy atom. The van der Waals surface area contributed by atoms with Crippen molar-refractivity contribution in [3.63, 3.8) is 0 Å². The number of rotatable bonds is 5. The van der Waals surface area contributed by atoms with Gasteiger partial charge in [0.15, 0.2) is 0 Å². The monoisotopic (exact) mass is 222 g/mol. The first-order valence-electron chi connectivity index (χ1n) is 5.33. The molecule has 0 aromatic heterocycles. The highest BCUT2D eigenvalue weighted by atomic mass is 16.5. The SMILES string of the molecule is CNCCNC(=O)OCc1ccccc1C. The van der Waals surface area contributed by atoms with Gasteiger partial charge in [-0.1, -0.05) is 24.3 Å². The fourth-order valence-electron chi connectivity index (χ4n) is 1.26. The molecule has 1 aromatic carbocycles. The standard InChI is InChI=1S/C12H18N2O2/c1-10-5-3-4-6-11(10)9-16-12(15)14-8-7-13-2/h3-6,13H,7-9H2,1-2H3,(H,14,15). The third kappa shape index (κ3) is 4.31. The second-order valence-electron chi connectivity index (χ2n) is 3.53. The van der Waals surface area contributed by atoms with Crippen LogP contribution in [0.25, 0.3) is 0 Å². The Morgan fingerprint density at radius 3 is 2.75 bits per heavy atom. The first-order chi connectivity index (χ1) is 7.74. The van der Waals surface area contributed by atoms with Gasteiger partial charge in [-0.05, 0) is 25.1 Å². The summed E-state index contributed by atoms with van der Waals surface area (Å²) in [5.74, 6) is 0. The van der Waals surface area contributed by atoms with E-state index in [1.807, 2.05) is 38.2 Å². The van der Waals surface area contributed by atoms with Gasteiger partial charge in [0.25, 0.3) is 0 Å². The number of carbonyl (C=O) groups is 1. The molecule has 0 aliphatic carbocycles. The van der Waals surface area contributed by atoms with Crippen molar-refractivity contribution in [2.75, 3.05) is 20.1 Å². The van der Waals surface area contributed by atoms with Crippen molar-refractivity contribution >= 4 is 6.09 Å². The first kappa shape index (κ1) is 12.5. The van der Waals surface area contributed by atoms with Crippen LogP contribution >= 0.6 is 0 Å². The summed E-state index contributed by atoms with van der Waals surface area (Å²) in [5.41, 5.74) is 2.16. The molecule has 0 fully saturated rings. The molecule has 0 aliphatic rings. The number of nitrogens with one attached hydrogen (secondary N) is 2. The lowest BCUT2D eigenvalue weighted by Crippen LogP contribution is -2.30. The summed E-state index contributed by atoms with van der Waals surface area (Å²) in [6.45, 7) is 3.62. The topological polar surface area (TPSA) is 50.4 Å². The number of aryl methyl sites for hydroxylation is 1. The summed E-state index contributed by atoms with van der Waals surface area (Å²) in [5, 5.41) is 5.59. The van der Waals surface area contributed by atoms with E-state index in [1.54, 1.807) is 0 Å². The van der Waals surface area contributed by atoms with Gasteiger partial charge in [-0.2, -0.15) is 0 Å². The molecular formula is C12H18N2O2. The summed E-state index contributed by atoms with van der Waals surface area (Å²) >= 11 is 0. The van der Waals surface area contributed by atoms with E-state index in [2.05, 4.69) is 10.6 Å². The molecule has 0 bridgehead atoms. The van der Waals surface area contributed by atoms with Crippen molar-refractivity contribution in [1.82, 2.24) is 10.6 Å². The molecule has 0 spiro atoms. The van der Waals surface area contributed by atoms with Gasteiger partial charge in [0.05, 0.1) is 0 Å². The van der Waals surface area contributed by atoms with Crippen LogP contribution in [-0.4, -0.2) is 26.2 Å². The van der Waals surface area contributed by atoms with Gasteiger partial charge in [-0.3, -0.25) is 0 Å². The molecule has 1 rings (SSSR count). The predicted molar refractivity (Wildman–Crippen MR) is 63.3 cm³/mol. The number of carbonyl (C=O) groups excluding carboxylic acids is 1. The van der Waals surface area contributed by atoms with Gasteiger partial charge in [0, 0.05) is 13.1 Å². The zero-order valence-electron chi connectivity index (χ0n) is 9.75. The highest BCUT2D eigenvalue weighted by molar-refractivity contribution is 5.67. The Morgan fingerprint density at radius 2 is 2.06 bits per heavy atom. The van der Waals surface area contributed by atoms with E-state index in [0.29, 0.717) is 13.2 Å². The number of hydrogen-bond donors (Lipinski definition) is 2. The van der Waals surface area contributed by atoms with Gasteiger partial charge in [-0.15, -0.1) is 0 Å². The molecule has 1 amide bonds. The molecule has 0 aliphatic heterocycles. The van der Waals surface area contributed by atoms with E-state index in [1.165, 1.54) is 0 Å². The van der Waals surface area contributed by atoms with E-state index in [9.17, 15) is 4.79 Å². The minimum Gasteiger partial charge on any atom is -0.445 e. The maximum absolute atomic E-state index is 11.2. The van der Waals surface area contributed by atoms with Gasteiger partial charge in [-0.25, -0.2) is 4.79 Å². The molecule has 0 unspecified atom stereocenters. The molecule has 0 radical (unpaired) electrons. The average Bonchev–Trinajstić information content (AvgIpc) is 2.28. The van der Waals surface area contributed by atoms with E-state index in [0.717, 1.165) is 17.7 Å². The van der Waals surface area contributed by atoms with Crippen LogP contribution in [0.1, 0.15) is 11.1 Å². The highest BCUT2D eigenvalue weighted by Crippen LogP contribution is 2.07. The Bertz CT molecular complexity index is 340. The highest BCUT2D eigenvalue weighted by Gasteiger charge is 2.02. The third-order valence-electron chi connectivity index (χ3n) is 2.26. The van der Waals surface area contributed by atoms with Gasteiger partial charge >= 0.3 is 6.09 Å². The normalized spacial score (nSPS) is 9.88. The number of benzene rings is 1. The molecule has 2 N–H and O–H groups in total.